The van der Waals surface area contributed by atoms with Crippen LogP contribution < -0.4 is 9.62 Å². The number of sulfonamides is 1. The van der Waals surface area contributed by atoms with E-state index in [9.17, 15) is 18.0 Å². The van der Waals surface area contributed by atoms with Crippen LogP contribution in [-0.4, -0.2) is 50.3 Å². The second-order valence-corrected chi connectivity index (χ2v) is 12.0. The van der Waals surface area contributed by atoms with Gasteiger partial charge in [0.1, 0.15) is 12.6 Å². The average Bonchev–Trinajstić information content (AvgIpc) is 2.91. The maximum absolute atomic E-state index is 14.0. The Morgan fingerprint density at radius 1 is 0.897 bits per heavy atom. The Morgan fingerprint density at radius 3 is 2.10 bits per heavy atom. The molecule has 39 heavy (non-hydrogen) atoms. The van der Waals surface area contributed by atoms with Gasteiger partial charge in [-0.1, -0.05) is 84.7 Å². The smallest absolute Gasteiger partial charge is 0.264 e. The van der Waals surface area contributed by atoms with Crippen LogP contribution >= 0.6 is 23.2 Å². The molecule has 3 aromatic rings. The minimum Gasteiger partial charge on any atom is -0.352 e. The lowest BCUT2D eigenvalue weighted by Crippen LogP contribution is -2.54. The topological polar surface area (TPSA) is 86.8 Å². The molecule has 0 aliphatic carbocycles. The first-order valence-electron chi connectivity index (χ1n) is 12.7. The number of rotatable bonds is 12. The van der Waals surface area contributed by atoms with Gasteiger partial charge in [0.2, 0.25) is 11.8 Å². The standard InChI is InChI=1S/C29H33Cl2N3O4S/c1-4-25(29(36)32-21(2)3)33(19-18-22-12-7-5-8-13-22)27(35)20-34(26-17-11-16-24(30)28(26)31)39(37,38)23-14-9-6-10-15-23/h5-17,21,25H,4,18-20H2,1-3H3,(H,32,36)/t25-/m0/s1. The van der Waals surface area contributed by atoms with Crippen LogP contribution in [0.15, 0.2) is 83.8 Å². The van der Waals surface area contributed by atoms with E-state index in [1.165, 1.54) is 29.2 Å². The predicted octanol–water partition coefficient (Wildman–Crippen LogP) is 5.56. The van der Waals surface area contributed by atoms with E-state index in [0.29, 0.717) is 12.8 Å². The highest BCUT2D eigenvalue weighted by Crippen LogP contribution is 2.35. The lowest BCUT2D eigenvalue weighted by molar-refractivity contribution is -0.139. The summed E-state index contributed by atoms with van der Waals surface area (Å²) in [6.07, 6.45) is 0.837. The first kappa shape index (κ1) is 30.5. The maximum atomic E-state index is 14.0. The highest BCUT2D eigenvalue weighted by molar-refractivity contribution is 7.92. The molecule has 0 fully saturated rings. The van der Waals surface area contributed by atoms with Gasteiger partial charge >= 0.3 is 0 Å². The van der Waals surface area contributed by atoms with E-state index < -0.39 is 28.5 Å². The minimum absolute atomic E-state index is 0.00531. The third kappa shape index (κ3) is 7.75. The number of carbonyl (C=O) groups is 2. The van der Waals surface area contributed by atoms with Crippen LogP contribution in [-0.2, 0) is 26.0 Å². The average molecular weight is 591 g/mol. The van der Waals surface area contributed by atoms with Crippen molar-refractivity contribution in [2.45, 2.75) is 50.6 Å². The first-order chi connectivity index (χ1) is 18.6. The molecule has 0 heterocycles. The second-order valence-electron chi connectivity index (χ2n) is 9.31. The van der Waals surface area contributed by atoms with Crippen LogP contribution in [0, 0.1) is 0 Å². The van der Waals surface area contributed by atoms with Crippen LogP contribution in [0.25, 0.3) is 0 Å². The molecule has 1 N–H and O–H groups in total. The molecule has 0 spiro atoms. The summed E-state index contributed by atoms with van der Waals surface area (Å²) >= 11 is 12.7. The third-order valence-electron chi connectivity index (χ3n) is 6.11. The van der Waals surface area contributed by atoms with Crippen LogP contribution in [0.2, 0.25) is 10.0 Å². The summed E-state index contributed by atoms with van der Waals surface area (Å²) in [5.41, 5.74) is 1.06. The van der Waals surface area contributed by atoms with Gasteiger partial charge in [-0.15, -0.1) is 0 Å². The largest absolute Gasteiger partial charge is 0.352 e. The molecule has 0 radical (unpaired) electrons. The van der Waals surface area contributed by atoms with E-state index in [4.69, 9.17) is 23.2 Å². The molecule has 0 aliphatic heterocycles. The van der Waals surface area contributed by atoms with Crippen molar-refractivity contribution < 1.29 is 18.0 Å². The number of nitrogens with one attached hydrogen (secondary N) is 1. The molecule has 0 bridgehead atoms. The number of amides is 2. The summed E-state index contributed by atoms with van der Waals surface area (Å²) in [7, 11) is -4.22. The van der Waals surface area contributed by atoms with Crippen LogP contribution in [0.1, 0.15) is 32.8 Å². The summed E-state index contributed by atoms with van der Waals surface area (Å²) < 4.78 is 28.6. The van der Waals surface area contributed by atoms with Gasteiger partial charge in [0.25, 0.3) is 10.0 Å². The lowest BCUT2D eigenvalue weighted by atomic mass is 10.1. The SMILES string of the molecule is CC[C@@H](C(=O)NC(C)C)N(CCc1ccccc1)C(=O)CN(c1cccc(Cl)c1Cl)S(=O)(=O)c1ccccc1. The Morgan fingerprint density at radius 2 is 1.51 bits per heavy atom. The van der Waals surface area contributed by atoms with Crippen LogP contribution in [0.3, 0.4) is 0 Å². The van der Waals surface area contributed by atoms with E-state index in [1.54, 1.807) is 24.3 Å². The van der Waals surface area contributed by atoms with E-state index in [1.807, 2.05) is 51.1 Å². The van der Waals surface area contributed by atoms with Crippen molar-refractivity contribution in [3.05, 3.63) is 94.5 Å². The Labute approximate surface area is 240 Å². The fourth-order valence-electron chi connectivity index (χ4n) is 4.19. The Hall–Kier alpha value is -3.07. The van der Waals surface area contributed by atoms with Gasteiger partial charge < -0.3 is 10.2 Å². The van der Waals surface area contributed by atoms with Crippen molar-refractivity contribution in [1.82, 2.24) is 10.2 Å². The van der Waals surface area contributed by atoms with Crippen molar-refractivity contribution >= 4 is 50.7 Å². The molecule has 2 amide bonds. The molecular weight excluding hydrogens is 557 g/mol. The van der Waals surface area contributed by atoms with Gasteiger partial charge in [-0.05, 0) is 56.5 Å². The predicted molar refractivity (Wildman–Crippen MR) is 157 cm³/mol. The van der Waals surface area contributed by atoms with Crippen molar-refractivity contribution in [3.63, 3.8) is 0 Å². The molecule has 0 aromatic heterocycles. The zero-order valence-electron chi connectivity index (χ0n) is 22.2. The number of anilines is 1. The summed E-state index contributed by atoms with van der Waals surface area (Å²) in [4.78, 5) is 28.6. The summed E-state index contributed by atoms with van der Waals surface area (Å²) in [6.45, 7) is 5.15. The molecule has 208 valence electrons. The fourth-order valence-corrected chi connectivity index (χ4v) is 6.09. The highest BCUT2D eigenvalue weighted by Gasteiger charge is 2.34. The summed E-state index contributed by atoms with van der Waals surface area (Å²) in [5, 5.41) is 3.04. The normalized spacial score (nSPS) is 12.2. The van der Waals surface area contributed by atoms with Gasteiger partial charge in [0, 0.05) is 12.6 Å². The molecule has 7 nitrogen and oxygen atoms in total. The number of halogens is 2. The number of nitrogens with zero attached hydrogens (tertiary/aromatic N) is 2. The quantitative estimate of drug-likeness (QED) is 0.299. The zero-order valence-corrected chi connectivity index (χ0v) is 24.5. The zero-order chi connectivity index (χ0) is 28.6. The molecular formula is C29H33Cl2N3O4S. The van der Waals surface area contributed by atoms with E-state index in [2.05, 4.69) is 5.32 Å². The molecule has 3 aromatic carbocycles. The number of hydrogen-bond donors (Lipinski definition) is 1. The van der Waals surface area contributed by atoms with Crippen molar-refractivity contribution in [1.29, 1.82) is 0 Å². The van der Waals surface area contributed by atoms with Gasteiger partial charge in [-0.25, -0.2) is 8.42 Å². The highest BCUT2D eigenvalue weighted by atomic mass is 35.5. The Kier molecular flexibility index (Phi) is 10.8. The van der Waals surface area contributed by atoms with Crippen molar-refractivity contribution in [2.24, 2.45) is 0 Å². The summed E-state index contributed by atoms with van der Waals surface area (Å²) in [5.74, 6) is -0.834. The molecule has 10 heteroatoms. The minimum atomic E-state index is -4.22. The van der Waals surface area contributed by atoms with Crippen molar-refractivity contribution in [2.75, 3.05) is 17.4 Å². The molecule has 3 rings (SSSR count). The molecule has 1 atom stereocenters. The second kappa shape index (κ2) is 13.8. The first-order valence-corrected chi connectivity index (χ1v) is 14.9. The van der Waals surface area contributed by atoms with E-state index in [0.717, 1.165) is 9.87 Å². The Bertz CT molecular complexity index is 1370. The number of benzene rings is 3. The summed E-state index contributed by atoms with van der Waals surface area (Å²) in [6, 6.07) is 21.1. The van der Waals surface area contributed by atoms with Crippen molar-refractivity contribution in [3.8, 4) is 0 Å². The number of carbonyl (C=O) groups excluding carboxylic acids is 2. The van der Waals surface area contributed by atoms with Gasteiger partial charge in [-0.2, -0.15) is 0 Å². The van der Waals surface area contributed by atoms with Gasteiger partial charge in [-0.3, -0.25) is 13.9 Å². The third-order valence-corrected chi connectivity index (χ3v) is 8.69. The fraction of sp³-hybridized carbons (Fsp3) is 0.310. The lowest BCUT2D eigenvalue weighted by Gasteiger charge is -2.33. The van der Waals surface area contributed by atoms with Crippen LogP contribution in [0.4, 0.5) is 5.69 Å². The Balaban J connectivity index is 2.04. The number of hydrogen-bond acceptors (Lipinski definition) is 4. The van der Waals surface area contributed by atoms with Crippen LogP contribution in [0.5, 0.6) is 0 Å². The van der Waals surface area contributed by atoms with E-state index in [-0.39, 0.29) is 39.1 Å². The maximum Gasteiger partial charge on any atom is 0.264 e. The van der Waals surface area contributed by atoms with Gasteiger partial charge in [0.15, 0.2) is 0 Å². The molecule has 0 saturated carbocycles. The molecule has 0 aliphatic rings. The monoisotopic (exact) mass is 589 g/mol. The molecule has 0 unspecified atom stereocenters. The molecule has 0 saturated heterocycles. The van der Waals surface area contributed by atoms with E-state index >= 15 is 0 Å². The van der Waals surface area contributed by atoms with Gasteiger partial charge in [0.05, 0.1) is 20.6 Å².